The van der Waals surface area contributed by atoms with Crippen LogP contribution >= 0.6 is 11.3 Å². The van der Waals surface area contributed by atoms with E-state index < -0.39 is 0 Å². The van der Waals surface area contributed by atoms with Gasteiger partial charge in [-0.25, -0.2) is 0 Å². The number of hydrogen-bond acceptors (Lipinski definition) is 5. The maximum atomic E-state index is 10.9. The summed E-state index contributed by atoms with van der Waals surface area (Å²) in [4.78, 5) is 12.1. The third-order valence-corrected chi connectivity index (χ3v) is 5.43. The van der Waals surface area contributed by atoms with Crippen molar-refractivity contribution in [2.45, 2.75) is 12.5 Å². The highest BCUT2D eigenvalue weighted by Crippen LogP contribution is 2.37. The third kappa shape index (κ3) is 3.13. The lowest BCUT2D eigenvalue weighted by Gasteiger charge is -2.24. The van der Waals surface area contributed by atoms with Crippen molar-refractivity contribution in [2.75, 3.05) is 12.1 Å². The van der Waals surface area contributed by atoms with Crippen LogP contribution in [-0.2, 0) is 0 Å². The van der Waals surface area contributed by atoms with Crippen LogP contribution in [0.25, 0.3) is 0 Å². The predicted molar refractivity (Wildman–Crippen MR) is 106 cm³/mol. The molecular weight excluding hydrogens is 344 g/mol. The number of thiophene rings is 1. The summed E-state index contributed by atoms with van der Waals surface area (Å²) in [6, 6.07) is 19.9. The molecule has 1 aliphatic rings. The Morgan fingerprint density at radius 3 is 2.50 bits per heavy atom. The minimum atomic E-state index is 0.111. The van der Waals surface area contributed by atoms with Gasteiger partial charge in [0.25, 0.3) is 0 Å². The van der Waals surface area contributed by atoms with Gasteiger partial charge in [0.15, 0.2) is 0 Å². The van der Waals surface area contributed by atoms with Crippen molar-refractivity contribution in [1.29, 1.82) is 0 Å². The van der Waals surface area contributed by atoms with Crippen LogP contribution in [0, 0.1) is 0 Å². The zero-order valence-corrected chi connectivity index (χ0v) is 15.1. The Balaban J connectivity index is 1.71. The fourth-order valence-electron chi connectivity index (χ4n) is 3.13. The van der Waals surface area contributed by atoms with Crippen molar-refractivity contribution in [3.63, 3.8) is 0 Å². The predicted octanol–water partition coefficient (Wildman–Crippen LogP) is 4.92. The first-order valence-corrected chi connectivity index (χ1v) is 9.26. The van der Waals surface area contributed by atoms with E-state index in [-0.39, 0.29) is 6.04 Å². The molecule has 0 saturated carbocycles. The average molecular weight is 362 g/mol. The summed E-state index contributed by atoms with van der Waals surface area (Å²) in [7, 11) is 1.67. The van der Waals surface area contributed by atoms with E-state index in [0.29, 0.717) is 5.56 Å². The molecule has 0 amide bonds. The van der Waals surface area contributed by atoms with E-state index in [9.17, 15) is 4.79 Å². The normalized spacial score (nSPS) is 16.4. The van der Waals surface area contributed by atoms with Crippen LogP contribution in [-0.4, -0.2) is 19.1 Å². The molecule has 130 valence electrons. The molecule has 3 aromatic rings. The molecule has 5 heteroatoms. The molecule has 26 heavy (non-hydrogen) atoms. The maximum absolute atomic E-state index is 10.9. The van der Waals surface area contributed by atoms with Crippen molar-refractivity contribution in [1.82, 2.24) is 0 Å². The lowest BCUT2D eigenvalue weighted by Crippen LogP contribution is -2.18. The molecule has 0 radical (unpaired) electrons. The monoisotopic (exact) mass is 362 g/mol. The molecule has 2 aromatic carbocycles. The highest BCUT2D eigenvalue weighted by Gasteiger charge is 2.30. The number of anilines is 1. The van der Waals surface area contributed by atoms with Crippen LogP contribution < -0.4 is 9.75 Å². The van der Waals surface area contributed by atoms with Crippen LogP contribution in [0.2, 0.25) is 0 Å². The Bertz CT molecular complexity index is 916. The Morgan fingerprint density at radius 2 is 1.88 bits per heavy atom. The zero-order valence-electron chi connectivity index (χ0n) is 14.3. The van der Waals surface area contributed by atoms with Crippen molar-refractivity contribution in [2.24, 2.45) is 5.10 Å². The van der Waals surface area contributed by atoms with E-state index in [2.05, 4.69) is 23.6 Å². The van der Waals surface area contributed by atoms with E-state index in [0.717, 1.165) is 29.9 Å². The molecule has 4 rings (SSSR count). The molecule has 1 aromatic heterocycles. The van der Waals surface area contributed by atoms with Gasteiger partial charge in [0.1, 0.15) is 12.0 Å². The average Bonchev–Trinajstić information content (AvgIpc) is 3.38. The molecule has 1 aliphatic heterocycles. The molecular formula is C21H18N2O2S. The Hall–Kier alpha value is -2.92. The van der Waals surface area contributed by atoms with Gasteiger partial charge >= 0.3 is 0 Å². The first-order chi connectivity index (χ1) is 12.8. The topological polar surface area (TPSA) is 41.9 Å². The number of ether oxygens (including phenoxy) is 1. The van der Waals surface area contributed by atoms with E-state index in [1.54, 1.807) is 18.4 Å². The number of rotatable bonds is 5. The minimum absolute atomic E-state index is 0.111. The Labute approximate surface area is 156 Å². The second-order valence-electron chi connectivity index (χ2n) is 6.07. The Morgan fingerprint density at radius 1 is 1.12 bits per heavy atom. The number of benzene rings is 2. The summed E-state index contributed by atoms with van der Waals surface area (Å²) < 4.78 is 5.28. The molecule has 0 spiro atoms. The van der Waals surface area contributed by atoms with Gasteiger partial charge in [-0.3, -0.25) is 9.80 Å². The van der Waals surface area contributed by atoms with Crippen LogP contribution in [0.3, 0.4) is 0 Å². The van der Waals surface area contributed by atoms with Crippen LogP contribution in [0.4, 0.5) is 5.69 Å². The molecule has 0 aliphatic carbocycles. The number of aldehydes is 1. The largest absolute Gasteiger partial charge is 0.497 e. The number of hydrazone groups is 1. The number of methoxy groups -OCH3 is 1. The van der Waals surface area contributed by atoms with E-state index >= 15 is 0 Å². The lowest BCUT2D eigenvalue weighted by atomic mass is 10.0. The molecule has 0 N–H and O–H groups in total. The summed E-state index contributed by atoms with van der Waals surface area (Å²) in [6.45, 7) is 0. The van der Waals surface area contributed by atoms with E-state index in [4.69, 9.17) is 9.84 Å². The number of hydrogen-bond donors (Lipinski definition) is 0. The van der Waals surface area contributed by atoms with Crippen molar-refractivity contribution >= 4 is 29.0 Å². The van der Waals surface area contributed by atoms with Crippen molar-refractivity contribution in [3.8, 4) is 5.75 Å². The van der Waals surface area contributed by atoms with E-state index in [1.807, 2.05) is 47.5 Å². The smallest absolute Gasteiger partial charge is 0.150 e. The molecule has 2 heterocycles. The quantitative estimate of drug-likeness (QED) is 0.605. The number of nitrogens with zero attached hydrogens (tertiary/aromatic N) is 2. The summed E-state index contributed by atoms with van der Waals surface area (Å²) in [5, 5.41) is 9.02. The zero-order chi connectivity index (χ0) is 17.9. The molecule has 4 nitrogen and oxygen atoms in total. The first-order valence-electron chi connectivity index (χ1n) is 8.38. The second kappa shape index (κ2) is 7.14. The molecule has 0 fully saturated rings. The highest BCUT2D eigenvalue weighted by atomic mass is 32.1. The van der Waals surface area contributed by atoms with Gasteiger partial charge in [-0.1, -0.05) is 18.2 Å². The van der Waals surface area contributed by atoms with Crippen LogP contribution in [0.15, 0.2) is 71.1 Å². The fourth-order valence-corrected chi connectivity index (χ4v) is 3.85. The SMILES string of the molecule is COc1ccc([C@@H]2CC(c3cccs3)=NN2c2ccc(C=O)cc2)cc1. The van der Waals surface area contributed by atoms with Gasteiger partial charge in [-0.05, 0) is 53.4 Å². The van der Waals surface area contributed by atoms with E-state index in [1.165, 1.54) is 10.4 Å². The fraction of sp³-hybridized carbons (Fsp3) is 0.143. The van der Waals surface area contributed by atoms with Gasteiger partial charge in [0.05, 0.1) is 29.4 Å². The number of carbonyl (C=O) groups excluding carboxylic acids is 1. The summed E-state index contributed by atoms with van der Waals surface area (Å²) in [6.07, 6.45) is 1.69. The summed E-state index contributed by atoms with van der Waals surface area (Å²) >= 11 is 1.70. The summed E-state index contributed by atoms with van der Waals surface area (Å²) in [5.74, 6) is 0.841. The standard InChI is InChI=1S/C21H18N2O2S/c1-25-18-10-6-16(7-11-18)20-13-19(21-3-2-12-26-21)22-23(20)17-8-4-15(14-24)5-9-17/h2-12,14,20H,13H2,1H3/t20-/m0/s1. The van der Waals surface area contributed by atoms with Gasteiger partial charge in [-0.15, -0.1) is 11.3 Å². The molecule has 0 saturated heterocycles. The first kappa shape index (κ1) is 16.5. The van der Waals surface area contributed by atoms with Gasteiger partial charge in [0.2, 0.25) is 0 Å². The van der Waals surface area contributed by atoms with Crippen LogP contribution in [0.5, 0.6) is 5.75 Å². The Kier molecular flexibility index (Phi) is 4.54. The minimum Gasteiger partial charge on any atom is -0.497 e. The van der Waals surface area contributed by atoms with Crippen molar-refractivity contribution < 1.29 is 9.53 Å². The van der Waals surface area contributed by atoms with Gasteiger partial charge in [-0.2, -0.15) is 5.10 Å². The van der Waals surface area contributed by atoms with Gasteiger partial charge in [0, 0.05) is 12.0 Å². The maximum Gasteiger partial charge on any atom is 0.150 e. The lowest BCUT2D eigenvalue weighted by molar-refractivity contribution is 0.112. The third-order valence-electron chi connectivity index (χ3n) is 4.51. The molecule has 0 bridgehead atoms. The van der Waals surface area contributed by atoms with Crippen LogP contribution in [0.1, 0.15) is 33.3 Å². The molecule has 1 atom stereocenters. The number of carbonyl (C=O) groups is 1. The second-order valence-corrected chi connectivity index (χ2v) is 7.02. The molecule has 0 unspecified atom stereocenters. The van der Waals surface area contributed by atoms with Crippen molar-refractivity contribution in [3.05, 3.63) is 82.0 Å². The summed E-state index contributed by atoms with van der Waals surface area (Å²) in [5.41, 5.74) is 3.90. The van der Waals surface area contributed by atoms with Gasteiger partial charge < -0.3 is 4.74 Å². The highest BCUT2D eigenvalue weighted by molar-refractivity contribution is 7.12.